The first-order valence-electron chi connectivity index (χ1n) is 6.93. The highest BCUT2D eigenvalue weighted by Gasteiger charge is 2.28. The molecule has 0 aliphatic carbocycles. The summed E-state index contributed by atoms with van der Waals surface area (Å²) in [5.41, 5.74) is 0. The van der Waals surface area contributed by atoms with Crippen LogP contribution < -0.4 is 5.32 Å². The Labute approximate surface area is 101 Å². The number of hydrogen-bond donors (Lipinski definition) is 1. The lowest BCUT2D eigenvalue weighted by molar-refractivity contribution is 0.0315. The Morgan fingerprint density at radius 1 is 1.25 bits per heavy atom. The molecule has 0 aromatic carbocycles. The number of ether oxygens (including phenoxy) is 1. The molecule has 0 saturated carbocycles. The molecule has 2 nitrogen and oxygen atoms in total. The molecule has 1 rings (SSSR count). The fourth-order valence-electron chi connectivity index (χ4n) is 2.89. The van der Waals surface area contributed by atoms with Crippen molar-refractivity contribution in [3.05, 3.63) is 0 Å². The van der Waals surface area contributed by atoms with Crippen molar-refractivity contribution in [2.45, 2.75) is 72.1 Å². The minimum absolute atomic E-state index is 0.479. The van der Waals surface area contributed by atoms with Crippen LogP contribution in [0.1, 0.15) is 53.9 Å². The van der Waals surface area contributed by atoms with Crippen LogP contribution >= 0.6 is 0 Å². The molecule has 0 bridgehead atoms. The Bertz CT molecular complexity index is 193. The summed E-state index contributed by atoms with van der Waals surface area (Å²) < 4.78 is 5.94. The lowest BCUT2D eigenvalue weighted by Crippen LogP contribution is -2.38. The molecule has 2 heteroatoms. The van der Waals surface area contributed by atoms with Gasteiger partial charge in [-0.05, 0) is 51.5 Å². The van der Waals surface area contributed by atoms with E-state index >= 15 is 0 Å². The molecule has 1 heterocycles. The van der Waals surface area contributed by atoms with Gasteiger partial charge in [0.1, 0.15) is 0 Å². The van der Waals surface area contributed by atoms with Crippen LogP contribution in [-0.4, -0.2) is 24.8 Å². The molecule has 1 fully saturated rings. The first-order chi connectivity index (χ1) is 7.54. The molecule has 96 valence electrons. The summed E-state index contributed by atoms with van der Waals surface area (Å²) in [5.74, 6) is 1.46. The average Bonchev–Trinajstić information content (AvgIpc) is 2.60. The highest BCUT2D eigenvalue weighted by Crippen LogP contribution is 2.29. The van der Waals surface area contributed by atoms with Crippen LogP contribution in [0.15, 0.2) is 0 Å². The molecule has 0 aromatic heterocycles. The zero-order valence-electron chi connectivity index (χ0n) is 11.6. The number of rotatable bonds is 6. The SMILES string of the molecule is CCNC(C)C(CC1CCC(C)O1)C(C)C. The van der Waals surface area contributed by atoms with Gasteiger partial charge in [-0.25, -0.2) is 0 Å². The van der Waals surface area contributed by atoms with Crippen molar-refractivity contribution in [2.75, 3.05) is 6.54 Å². The van der Waals surface area contributed by atoms with Gasteiger partial charge in [0.05, 0.1) is 12.2 Å². The zero-order valence-corrected chi connectivity index (χ0v) is 11.6. The molecule has 4 unspecified atom stereocenters. The first kappa shape index (κ1) is 14.0. The Morgan fingerprint density at radius 2 is 1.94 bits per heavy atom. The van der Waals surface area contributed by atoms with Gasteiger partial charge in [0.15, 0.2) is 0 Å². The van der Waals surface area contributed by atoms with E-state index in [2.05, 4.69) is 39.9 Å². The van der Waals surface area contributed by atoms with E-state index in [-0.39, 0.29) is 0 Å². The summed E-state index contributed by atoms with van der Waals surface area (Å²) in [4.78, 5) is 0. The van der Waals surface area contributed by atoms with Crippen LogP contribution in [-0.2, 0) is 4.74 Å². The smallest absolute Gasteiger partial charge is 0.0583 e. The predicted octanol–water partition coefficient (Wildman–Crippen LogP) is 3.21. The Balaban J connectivity index is 2.44. The van der Waals surface area contributed by atoms with Crippen LogP contribution in [0.5, 0.6) is 0 Å². The molecule has 0 amide bonds. The van der Waals surface area contributed by atoms with Crippen LogP contribution in [0.3, 0.4) is 0 Å². The van der Waals surface area contributed by atoms with Gasteiger partial charge in [-0.2, -0.15) is 0 Å². The van der Waals surface area contributed by atoms with Crippen molar-refractivity contribution in [3.8, 4) is 0 Å². The summed E-state index contributed by atoms with van der Waals surface area (Å²) in [6, 6.07) is 0.601. The van der Waals surface area contributed by atoms with Gasteiger partial charge in [0.25, 0.3) is 0 Å². The molecule has 0 radical (unpaired) electrons. The van der Waals surface area contributed by atoms with Gasteiger partial charge in [-0.3, -0.25) is 0 Å². The maximum atomic E-state index is 5.94. The number of nitrogens with one attached hydrogen (secondary N) is 1. The second-order valence-electron chi connectivity index (χ2n) is 5.64. The van der Waals surface area contributed by atoms with Crippen molar-refractivity contribution in [3.63, 3.8) is 0 Å². The minimum Gasteiger partial charge on any atom is -0.375 e. The molecule has 1 N–H and O–H groups in total. The van der Waals surface area contributed by atoms with Gasteiger partial charge in [-0.15, -0.1) is 0 Å². The van der Waals surface area contributed by atoms with Crippen molar-refractivity contribution in [1.29, 1.82) is 0 Å². The number of hydrogen-bond acceptors (Lipinski definition) is 2. The van der Waals surface area contributed by atoms with Crippen molar-refractivity contribution < 1.29 is 4.74 Å². The third kappa shape index (κ3) is 4.06. The lowest BCUT2D eigenvalue weighted by Gasteiger charge is -2.30. The Kier molecular flexibility index (Phi) is 5.77. The summed E-state index contributed by atoms with van der Waals surface area (Å²) in [5, 5.41) is 3.56. The second kappa shape index (κ2) is 6.61. The minimum atomic E-state index is 0.479. The van der Waals surface area contributed by atoms with Crippen molar-refractivity contribution >= 4 is 0 Å². The molecule has 1 aliphatic rings. The second-order valence-corrected chi connectivity index (χ2v) is 5.64. The summed E-state index contributed by atoms with van der Waals surface area (Å²) >= 11 is 0. The third-order valence-corrected chi connectivity index (χ3v) is 3.88. The van der Waals surface area contributed by atoms with Gasteiger partial charge >= 0.3 is 0 Å². The molecule has 16 heavy (non-hydrogen) atoms. The van der Waals surface area contributed by atoms with Crippen LogP contribution in [0.4, 0.5) is 0 Å². The fraction of sp³-hybridized carbons (Fsp3) is 1.00. The van der Waals surface area contributed by atoms with E-state index in [0.29, 0.717) is 18.2 Å². The fourth-order valence-corrected chi connectivity index (χ4v) is 2.89. The average molecular weight is 227 g/mol. The standard InChI is InChI=1S/C14H29NO/c1-6-15-12(5)14(10(2)3)9-13-8-7-11(4)16-13/h10-15H,6-9H2,1-5H3. The molecule has 4 atom stereocenters. The van der Waals surface area contributed by atoms with Crippen LogP contribution in [0.25, 0.3) is 0 Å². The normalized spacial score (nSPS) is 29.6. The summed E-state index contributed by atoms with van der Waals surface area (Å²) in [7, 11) is 0. The summed E-state index contributed by atoms with van der Waals surface area (Å²) in [6.07, 6.45) is 4.69. The lowest BCUT2D eigenvalue weighted by atomic mass is 9.84. The summed E-state index contributed by atoms with van der Waals surface area (Å²) in [6.45, 7) is 12.4. The van der Waals surface area contributed by atoms with E-state index in [0.717, 1.165) is 18.4 Å². The van der Waals surface area contributed by atoms with Crippen LogP contribution in [0.2, 0.25) is 0 Å². The quantitative estimate of drug-likeness (QED) is 0.752. The van der Waals surface area contributed by atoms with Gasteiger partial charge in [0.2, 0.25) is 0 Å². The van der Waals surface area contributed by atoms with Crippen LogP contribution in [0, 0.1) is 11.8 Å². The van der Waals surface area contributed by atoms with E-state index in [1.807, 2.05) is 0 Å². The van der Waals surface area contributed by atoms with Crippen molar-refractivity contribution in [2.24, 2.45) is 11.8 Å². The van der Waals surface area contributed by atoms with Gasteiger partial charge < -0.3 is 10.1 Å². The molecule has 0 aromatic rings. The molecule has 1 aliphatic heterocycles. The molecule has 0 spiro atoms. The van der Waals surface area contributed by atoms with E-state index in [4.69, 9.17) is 4.74 Å². The molecule has 1 saturated heterocycles. The molecular formula is C14H29NO. The largest absolute Gasteiger partial charge is 0.375 e. The highest BCUT2D eigenvalue weighted by atomic mass is 16.5. The maximum Gasteiger partial charge on any atom is 0.0583 e. The topological polar surface area (TPSA) is 21.3 Å². The van der Waals surface area contributed by atoms with Gasteiger partial charge in [0, 0.05) is 6.04 Å². The third-order valence-electron chi connectivity index (χ3n) is 3.88. The van der Waals surface area contributed by atoms with E-state index in [1.165, 1.54) is 19.3 Å². The Morgan fingerprint density at radius 3 is 2.38 bits per heavy atom. The Hall–Kier alpha value is -0.0800. The van der Waals surface area contributed by atoms with Crippen molar-refractivity contribution in [1.82, 2.24) is 5.32 Å². The predicted molar refractivity (Wildman–Crippen MR) is 69.7 cm³/mol. The van der Waals surface area contributed by atoms with E-state index < -0.39 is 0 Å². The highest BCUT2D eigenvalue weighted by molar-refractivity contribution is 4.81. The monoisotopic (exact) mass is 227 g/mol. The van der Waals surface area contributed by atoms with Gasteiger partial charge in [-0.1, -0.05) is 20.8 Å². The van der Waals surface area contributed by atoms with E-state index in [9.17, 15) is 0 Å². The van der Waals surface area contributed by atoms with E-state index in [1.54, 1.807) is 0 Å². The molecular weight excluding hydrogens is 198 g/mol. The zero-order chi connectivity index (χ0) is 12.1. The maximum absolute atomic E-state index is 5.94. The first-order valence-corrected chi connectivity index (χ1v) is 6.93.